The Labute approximate surface area is 140 Å². The molecule has 1 aliphatic heterocycles. The molecule has 1 aromatic carbocycles. The molecule has 8 heteroatoms. The Bertz CT molecular complexity index is 916. The Morgan fingerprint density at radius 1 is 1.52 bits per heavy atom. The molecule has 1 saturated heterocycles. The van der Waals surface area contributed by atoms with Crippen LogP contribution < -0.4 is 10.9 Å². The number of rotatable bonds is 3. The molecule has 2 aromatic rings. The Balaban J connectivity index is 1.94. The van der Waals surface area contributed by atoms with Crippen LogP contribution in [0.1, 0.15) is 23.7 Å². The van der Waals surface area contributed by atoms with Crippen LogP contribution in [0.5, 0.6) is 0 Å². The molecule has 1 aliphatic rings. The van der Waals surface area contributed by atoms with Crippen molar-refractivity contribution in [1.29, 1.82) is 0 Å². The van der Waals surface area contributed by atoms with Gasteiger partial charge in [-0.2, -0.15) is 0 Å². The minimum Gasteiger partial charge on any atom is -0.348 e. The number of aromatic amines is 1. The zero-order valence-corrected chi connectivity index (χ0v) is 14.3. The number of amides is 1. The second-order valence-electron chi connectivity index (χ2n) is 5.51. The fourth-order valence-electron chi connectivity index (χ4n) is 2.73. The first-order valence-electron chi connectivity index (χ1n) is 7.42. The van der Waals surface area contributed by atoms with Crippen LogP contribution in [0, 0.1) is 4.77 Å². The Kier molecular flexibility index (Phi) is 4.45. The standard InChI is InChI=1S/C15H17N3O3S2/c1-2-18-14(20)11-4-3-9(7-12(11)17-15(18)22)13(19)16-10-5-6-23(21)8-10/h3-4,7,10H,2,5-6,8H2,1H3,(H,16,19)(H,17,22)/t10-,23-/m0/s1. The summed E-state index contributed by atoms with van der Waals surface area (Å²) in [5, 5.41) is 3.39. The molecular formula is C15H17N3O3S2. The van der Waals surface area contributed by atoms with E-state index in [9.17, 15) is 13.8 Å². The van der Waals surface area contributed by atoms with Gasteiger partial charge in [0.2, 0.25) is 0 Å². The SMILES string of the molecule is CCn1c(=S)[nH]c2cc(C(=O)N[C@H]3CC[S@](=O)C3)ccc2c1=O. The molecule has 0 spiro atoms. The molecule has 0 saturated carbocycles. The molecule has 1 aromatic heterocycles. The number of carbonyl (C=O) groups excluding carboxylic acids is 1. The zero-order chi connectivity index (χ0) is 16.6. The van der Waals surface area contributed by atoms with Gasteiger partial charge in [-0.1, -0.05) is 0 Å². The van der Waals surface area contributed by atoms with Crippen LogP contribution in [0.25, 0.3) is 10.9 Å². The molecule has 3 rings (SSSR count). The largest absolute Gasteiger partial charge is 0.348 e. The number of hydrogen-bond acceptors (Lipinski definition) is 4. The summed E-state index contributed by atoms with van der Waals surface area (Å²) in [4.78, 5) is 27.6. The van der Waals surface area contributed by atoms with Crippen molar-refractivity contribution in [2.75, 3.05) is 11.5 Å². The van der Waals surface area contributed by atoms with Gasteiger partial charge in [0.05, 0.1) is 10.9 Å². The van der Waals surface area contributed by atoms with E-state index in [1.807, 2.05) is 6.92 Å². The van der Waals surface area contributed by atoms with Crippen LogP contribution in [0.15, 0.2) is 23.0 Å². The predicted octanol–water partition coefficient (Wildman–Crippen LogP) is 1.33. The van der Waals surface area contributed by atoms with Gasteiger partial charge in [-0.25, -0.2) is 0 Å². The second kappa shape index (κ2) is 6.37. The van der Waals surface area contributed by atoms with E-state index in [0.29, 0.717) is 39.3 Å². The third kappa shape index (κ3) is 3.13. The minimum absolute atomic E-state index is 0.0504. The predicted molar refractivity (Wildman–Crippen MR) is 92.8 cm³/mol. The lowest BCUT2D eigenvalue weighted by atomic mass is 10.1. The Morgan fingerprint density at radius 3 is 2.96 bits per heavy atom. The van der Waals surface area contributed by atoms with Crippen molar-refractivity contribution in [3.8, 4) is 0 Å². The van der Waals surface area contributed by atoms with E-state index in [-0.39, 0.29) is 17.5 Å². The number of H-pyrrole nitrogens is 1. The van der Waals surface area contributed by atoms with E-state index < -0.39 is 10.8 Å². The molecule has 6 nitrogen and oxygen atoms in total. The molecule has 0 bridgehead atoms. The summed E-state index contributed by atoms with van der Waals surface area (Å²) in [5.41, 5.74) is 0.839. The van der Waals surface area contributed by atoms with E-state index in [0.717, 1.165) is 6.42 Å². The molecule has 2 N–H and O–H groups in total. The van der Waals surface area contributed by atoms with E-state index in [4.69, 9.17) is 12.2 Å². The number of benzene rings is 1. The number of hydrogen-bond donors (Lipinski definition) is 2. The topological polar surface area (TPSA) is 84.0 Å². The number of aromatic nitrogens is 2. The normalized spacial score (nSPS) is 20.7. The third-order valence-electron chi connectivity index (χ3n) is 3.98. The first-order chi connectivity index (χ1) is 11.0. The van der Waals surface area contributed by atoms with Crippen molar-refractivity contribution < 1.29 is 9.00 Å². The lowest BCUT2D eigenvalue weighted by Gasteiger charge is -2.11. The molecule has 0 aliphatic carbocycles. The highest BCUT2D eigenvalue weighted by Crippen LogP contribution is 2.13. The van der Waals surface area contributed by atoms with Crippen molar-refractivity contribution in [2.24, 2.45) is 0 Å². The highest BCUT2D eigenvalue weighted by atomic mass is 32.2. The third-order valence-corrected chi connectivity index (χ3v) is 5.76. The molecule has 2 atom stereocenters. The molecule has 0 radical (unpaired) electrons. The van der Waals surface area contributed by atoms with Crippen LogP contribution in [0.3, 0.4) is 0 Å². The molecule has 2 heterocycles. The van der Waals surface area contributed by atoms with Crippen molar-refractivity contribution in [1.82, 2.24) is 14.9 Å². The summed E-state index contributed by atoms with van der Waals surface area (Å²) < 4.78 is 13.2. The molecule has 1 fully saturated rings. The summed E-state index contributed by atoms with van der Waals surface area (Å²) in [7, 11) is -0.837. The van der Waals surface area contributed by atoms with Gasteiger partial charge in [0.25, 0.3) is 11.5 Å². The van der Waals surface area contributed by atoms with Crippen molar-refractivity contribution in [3.05, 3.63) is 38.9 Å². The van der Waals surface area contributed by atoms with Crippen molar-refractivity contribution in [2.45, 2.75) is 25.9 Å². The first kappa shape index (κ1) is 16.1. The highest BCUT2D eigenvalue weighted by Gasteiger charge is 2.23. The maximum atomic E-state index is 12.3. The van der Waals surface area contributed by atoms with Crippen LogP contribution in [-0.4, -0.2) is 37.2 Å². The summed E-state index contributed by atoms with van der Waals surface area (Å²) in [6.45, 7) is 2.34. The van der Waals surface area contributed by atoms with Gasteiger partial charge in [-0.3, -0.25) is 18.4 Å². The van der Waals surface area contributed by atoms with Crippen molar-refractivity contribution in [3.63, 3.8) is 0 Å². The monoisotopic (exact) mass is 351 g/mol. The second-order valence-corrected chi connectivity index (χ2v) is 7.52. The fraction of sp³-hybridized carbons (Fsp3) is 0.400. The molecule has 1 amide bonds. The summed E-state index contributed by atoms with van der Waals surface area (Å²) in [6.07, 6.45) is 0.732. The quantitative estimate of drug-likeness (QED) is 0.817. The van der Waals surface area contributed by atoms with Crippen LogP contribution in [0.4, 0.5) is 0 Å². The number of nitrogens with one attached hydrogen (secondary N) is 2. The van der Waals surface area contributed by atoms with Gasteiger partial charge < -0.3 is 10.3 Å². The van der Waals surface area contributed by atoms with Crippen LogP contribution >= 0.6 is 12.2 Å². The van der Waals surface area contributed by atoms with Gasteiger partial charge in [-0.15, -0.1) is 0 Å². The average Bonchev–Trinajstić information content (AvgIpc) is 2.92. The zero-order valence-electron chi connectivity index (χ0n) is 12.6. The highest BCUT2D eigenvalue weighted by molar-refractivity contribution is 7.85. The van der Waals surface area contributed by atoms with Crippen molar-refractivity contribution >= 4 is 39.8 Å². The van der Waals surface area contributed by atoms with E-state index >= 15 is 0 Å². The molecule has 23 heavy (non-hydrogen) atoms. The number of carbonyl (C=O) groups is 1. The molecule has 0 unspecified atom stereocenters. The maximum Gasteiger partial charge on any atom is 0.262 e. The summed E-state index contributed by atoms with van der Waals surface area (Å²) >= 11 is 5.18. The van der Waals surface area contributed by atoms with E-state index in [2.05, 4.69) is 10.3 Å². The van der Waals surface area contributed by atoms with Gasteiger partial charge in [-0.05, 0) is 43.8 Å². The lowest BCUT2D eigenvalue weighted by molar-refractivity contribution is 0.0941. The maximum absolute atomic E-state index is 12.3. The molecular weight excluding hydrogens is 334 g/mol. The average molecular weight is 351 g/mol. The fourth-order valence-corrected chi connectivity index (χ4v) is 4.47. The van der Waals surface area contributed by atoms with Crippen LogP contribution in [-0.2, 0) is 17.3 Å². The first-order valence-corrected chi connectivity index (χ1v) is 9.32. The summed E-state index contributed by atoms with van der Waals surface area (Å²) in [5.74, 6) is 0.907. The molecule has 122 valence electrons. The van der Waals surface area contributed by atoms with Gasteiger partial charge in [0.15, 0.2) is 4.77 Å². The smallest absolute Gasteiger partial charge is 0.262 e. The lowest BCUT2D eigenvalue weighted by Crippen LogP contribution is -2.35. The van der Waals surface area contributed by atoms with E-state index in [1.54, 1.807) is 18.2 Å². The van der Waals surface area contributed by atoms with Crippen LogP contribution in [0.2, 0.25) is 0 Å². The van der Waals surface area contributed by atoms with Gasteiger partial charge in [0, 0.05) is 40.5 Å². The number of fused-ring (bicyclic) bond motifs is 1. The summed E-state index contributed by atoms with van der Waals surface area (Å²) in [6, 6.07) is 4.84. The van der Waals surface area contributed by atoms with Gasteiger partial charge in [0.1, 0.15) is 0 Å². The van der Waals surface area contributed by atoms with Gasteiger partial charge >= 0.3 is 0 Å². The Hall–Kier alpha value is -1.80. The Morgan fingerprint density at radius 2 is 2.30 bits per heavy atom. The van der Waals surface area contributed by atoms with E-state index in [1.165, 1.54) is 4.57 Å². The minimum atomic E-state index is -0.837. The number of nitrogens with zero attached hydrogens (tertiary/aromatic N) is 1.